The summed E-state index contributed by atoms with van der Waals surface area (Å²) in [6.45, 7) is 10.2. The molecule has 33 heavy (non-hydrogen) atoms. The first kappa shape index (κ1) is 23.2. The SMILES string of the molecule is C[C@@H]1CN(Cc2ccccc2)[C@@H](CN2Cc3cccc(F)c3C2=O)CN1C(=O)OC(C)(C)C. The first-order valence-corrected chi connectivity index (χ1v) is 11.5. The van der Waals surface area contributed by atoms with E-state index in [1.165, 1.54) is 11.6 Å². The van der Waals surface area contributed by atoms with Gasteiger partial charge in [-0.2, -0.15) is 0 Å². The number of carbonyl (C=O) groups is 2. The molecule has 1 saturated heterocycles. The predicted molar refractivity (Wildman–Crippen MR) is 124 cm³/mol. The zero-order valence-corrected chi connectivity index (χ0v) is 19.8. The first-order valence-electron chi connectivity index (χ1n) is 11.5. The third-order valence-corrected chi connectivity index (χ3v) is 6.20. The molecule has 6 nitrogen and oxygen atoms in total. The highest BCUT2D eigenvalue weighted by Crippen LogP contribution is 2.28. The Morgan fingerprint density at radius 2 is 1.82 bits per heavy atom. The molecule has 0 N–H and O–H groups in total. The van der Waals surface area contributed by atoms with Crippen molar-refractivity contribution in [1.82, 2.24) is 14.7 Å². The molecule has 1 fully saturated rings. The molecule has 4 rings (SSSR count). The molecule has 7 heteroatoms. The lowest BCUT2D eigenvalue weighted by Gasteiger charge is -2.46. The van der Waals surface area contributed by atoms with E-state index < -0.39 is 11.4 Å². The van der Waals surface area contributed by atoms with Gasteiger partial charge in [-0.25, -0.2) is 9.18 Å². The molecule has 176 valence electrons. The van der Waals surface area contributed by atoms with Gasteiger partial charge in [-0.3, -0.25) is 9.69 Å². The van der Waals surface area contributed by atoms with E-state index in [0.717, 1.165) is 0 Å². The molecular formula is C26H32FN3O3. The van der Waals surface area contributed by atoms with Gasteiger partial charge in [-0.05, 0) is 44.9 Å². The van der Waals surface area contributed by atoms with E-state index in [2.05, 4.69) is 17.0 Å². The standard InChI is InChI=1S/C26H32FN3O3/c1-18-13-28(14-19-9-6-5-7-10-19)21(17-30(18)25(32)33-26(2,3)4)16-29-15-20-11-8-12-22(27)23(20)24(29)31/h5-12,18,21H,13-17H2,1-4H3/t18-,21+/m1/s1. The molecule has 0 bridgehead atoms. The molecule has 2 aromatic rings. The maximum atomic E-state index is 14.3. The molecule has 0 saturated carbocycles. The van der Waals surface area contributed by atoms with Crippen LogP contribution in [0.2, 0.25) is 0 Å². The van der Waals surface area contributed by atoms with Crippen molar-refractivity contribution < 1.29 is 18.7 Å². The number of piperazine rings is 1. The van der Waals surface area contributed by atoms with Gasteiger partial charge < -0.3 is 14.5 Å². The lowest BCUT2D eigenvalue weighted by atomic mass is 10.1. The van der Waals surface area contributed by atoms with Crippen molar-refractivity contribution in [3.8, 4) is 0 Å². The van der Waals surface area contributed by atoms with Crippen LogP contribution in [0.15, 0.2) is 48.5 Å². The highest BCUT2D eigenvalue weighted by Gasteiger charge is 2.39. The van der Waals surface area contributed by atoms with Crippen LogP contribution in [-0.4, -0.2) is 64.0 Å². The fraction of sp³-hybridized carbons (Fsp3) is 0.462. The zero-order chi connectivity index (χ0) is 23.8. The van der Waals surface area contributed by atoms with E-state index in [0.29, 0.717) is 38.3 Å². The predicted octanol–water partition coefficient (Wildman–Crippen LogP) is 4.29. The molecule has 2 aliphatic rings. The molecule has 2 aliphatic heterocycles. The van der Waals surface area contributed by atoms with Gasteiger partial charge in [-0.15, -0.1) is 0 Å². The van der Waals surface area contributed by atoms with E-state index in [4.69, 9.17) is 4.74 Å². The van der Waals surface area contributed by atoms with Crippen molar-refractivity contribution in [2.75, 3.05) is 19.6 Å². The van der Waals surface area contributed by atoms with Crippen LogP contribution in [0.5, 0.6) is 0 Å². The number of ether oxygens (including phenoxy) is 1. The summed E-state index contributed by atoms with van der Waals surface area (Å²) in [6.07, 6.45) is -0.346. The van der Waals surface area contributed by atoms with E-state index in [1.54, 1.807) is 21.9 Å². The number of fused-ring (bicyclic) bond motifs is 1. The van der Waals surface area contributed by atoms with Crippen LogP contribution in [0.4, 0.5) is 9.18 Å². The van der Waals surface area contributed by atoms with Gasteiger partial charge in [0, 0.05) is 44.8 Å². The zero-order valence-electron chi connectivity index (χ0n) is 19.8. The van der Waals surface area contributed by atoms with Crippen LogP contribution in [0, 0.1) is 5.82 Å². The Balaban J connectivity index is 1.55. The number of carbonyl (C=O) groups excluding carboxylic acids is 2. The molecule has 2 heterocycles. The van der Waals surface area contributed by atoms with Gasteiger partial charge in [0.05, 0.1) is 5.56 Å². The monoisotopic (exact) mass is 453 g/mol. The second-order valence-corrected chi connectivity index (χ2v) is 10.0. The fourth-order valence-electron chi connectivity index (χ4n) is 4.65. The average Bonchev–Trinajstić information content (AvgIpc) is 3.06. The van der Waals surface area contributed by atoms with Crippen LogP contribution in [0.1, 0.15) is 49.2 Å². The van der Waals surface area contributed by atoms with Gasteiger partial charge in [0.25, 0.3) is 5.91 Å². The number of hydrogen-bond acceptors (Lipinski definition) is 4. The number of amides is 2. The maximum absolute atomic E-state index is 14.3. The van der Waals surface area contributed by atoms with Gasteiger partial charge in [0.15, 0.2) is 0 Å². The molecular weight excluding hydrogens is 421 g/mol. The molecule has 0 unspecified atom stereocenters. The van der Waals surface area contributed by atoms with E-state index in [1.807, 2.05) is 45.9 Å². The van der Waals surface area contributed by atoms with Crippen molar-refractivity contribution in [2.24, 2.45) is 0 Å². The van der Waals surface area contributed by atoms with E-state index >= 15 is 0 Å². The smallest absolute Gasteiger partial charge is 0.410 e. The van der Waals surface area contributed by atoms with Gasteiger partial charge >= 0.3 is 6.09 Å². The summed E-state index contributed by atoms with van der Waals surface area (Å²) in [7, 11) is 0. The first-order chi connectivity index (χ1) is 15.6. The molecule has 0 radical (unpaired) electrons. The Hall–Kier alpha value is -2.93. The van der Waals surface area contributed by atoms with Crippen LogP contribution in [0.3, 0.4) is 0 Å². The minimum absolute atomic E-state index is 0.0382. The summed E-state index contributed by atoms with van der Waals surface area (Å²) in [6, 6.07) is 14.8. The number of benzene rings is 2. The maximum Gasteiger partial charge on any atom is 0.410 e. The molecule has 2 atom stereocenters. The van der Waals surface area contributed by atoms with Crippen molar-refractivity contribution in [2.45, 2.75) is 58.5 Å². The summed E-state index contributed by atoms with van der Waals surface area (Å²) in [4.78, 5) is 31.7. The Morgan fingerprint density at radius 3 is 2.48 bits per heavy atom. The normalized spacial score (nSPS) is 21.3. The summed E-state index contributed by atoms with van der Waals surface area (Å²) in [5.41, 5.74) is 1.46. The quantitative estimate of drug-likeness (QED) is 0.693. The minimum atomic E-state index is -0.586. The van der Waals surface area contributed by atoms with Gasteiger partial charge in [-0.1, -0.05) is 42.5 Å². The second kappa shape index (κ2) is 9.14. The third kappa shape index (κ3) is 5.19. The lowest BCUT2D eigenvalue weighted by Crippen LogP contribution is -2.61. The van der Waals surface area contributed by atoms with Crippen LogP contribution in [-0.2, 0) is 17.8 Å². The second-order valence-electron chi connectivity index (χ2n) is 10.0. The number of halogens is 1. The molecule has 0 aliphatic carbocycles. The Bertz CT molecular complexity index is 1020. The largest absolute Gasteiger partial charge is 0.444 e. The summed E-state index contributed by atoms with van der Waals surface area (Å²) in [5, 5.41) is 0. The molecule has 0 aromatic heterocycles. The van der Waals surface area contributed by atoms with Gasteiger partial charge in [0.2, 0.25) is 0 Å². The van der Waals surface area contributed by atoms with Crippen molar-refractivity contribution in [3.05, 3.63) is 71.0 Å². The third-order valence-electron chi connectivity index (χ3n) is 6.20. The van der Waals surface area contributed by atoms with Crippen molar-refractivity contribution >= 4 is 12.0 Å². The van der Waals surface area contributed by atoms with Crippen LogP contribution in [0.25, 0.3) is 0 Å². The highest BCUT2D eigenvalue weighted by molar-refractivity contribution is 5.98. The van der Waals surface area contributed by atoms with Crippen LogP contribution < -0.4 is 0 Å². The summed E-state index contributed by atoms with van der Waals surface area (Å²) >= 11 is 0. The van der Waals surface area contributed by atoms with Crippen LogP contribution >= 0.6 is 0 Å². The topological polar surface area (TPSA) is 53.1 Å². The van der Waals surface area contributed by atoms with Crippen molar-refractivity contribution in [1.29, 1.82) is 0 Å². The molecule has 2 aromatic carbocycles. The number of hydrogen-bond donors (Lipinski definition) is 0. The van der Waals surface area contributed by atoms with Crippen molar-refractivity contribution in [3.63, 3.8) is 0 Å². The molecule has 2 amide bonds. The number of nitrogens with zero attached hydrogens (tertiary/aromatic N) is 3. The highest BCUT2D eigenvalue weighted by atomic mass is 19.1. The Labute approximate surface area is 194 Å². The summed E-state index contributed by atoms with van der Waals surface area (Å²) < 4.78 is 20.0. The van der Waals surface area contributed by atoms with E-state index in [-0.39, 0.29) is 29.6 Å². The lowest BCUT2D eigenvalue weighted by molar-refractivity contribution is -0.0190. The number of rotatable bonds is 4. The summed E-state index contributed by atoms with van der Waals surface area (Å²) in [5.74, 6) is -0.765. The average molecular weight is 454 g/mol. The van der Waals surface area contributed by atoms with Gasteiger partial charge in [0.1, 0.15) is 11.4 Å². The minimum Gasteiger partial charge on any atom is -0.444 e. The van der Waals surface area contributed by atoms with E-state index in [9.17, 15) is 14.0 Å². The Morgan fingerprint density at radius 1 is 1.09 bits per heavy atom. The molecule has 0 spiro atoms. The Kier molecular flexibility index (Phi) is 6.43. The fourth-order valence-corrected chi connectivity index (χ4v) is 4.65.